The minimum atomic E-state index is -3.80. The SMILES string of the molecule is CCCN(CCC)C(=O)C1CC(C(=O)NC(CC2CC(F)CC(F)C2)C(O)CN(CC)NC(=O)CC2CCCCC2)CC(S(=O)(=O)N(C)C)C1. The molecule has 3 rings (SSSR count). The van der Waals surface area contributed by atoms with Crippen LogP contribution in [0.1, 0.15) is 117 Å². The smallest absolute Gasteiger partial charge is 0.234 e. The molecule has 14 heteroatoms. The molecular formula is C36H65F2N5O6S. The normalized spacial score (nSPS) is 27.9. The Bertz CT molecular complexity index is 1170. The van der Waals surface area contributed by atoms with Gasteiger partial charge in [0.1, 0.15) is 12.3 Å². The molecule has 3 N–H and O–H groups in total. The van der Waals surface area contributed by atoms with E-state index in [4.69, 9.17) is 0 Å². The molecule has 0 radical (unpaired) electrons. The first kappa shape index (κ1) is 42.5. The van der Waals surface area contributed by atoms with E-state index in [9.17, 15) is 36.7 Å². The average Bonchev–Trinajstić information content (AvgIpc) is 3.06. The molecule has 290 valence electrons. The van der Waals surface area contributed by atoms with Gasteiger partial charge in [-0.25, -0.2) is 26.5 Å². The zero-order valence-corrected chi connectivity index (χ0v) is 31.9. The monoisotopic (exact) mass is 733 g/mol. The standard InChI is InChI=1S/C36H65F2N5O6S/c1-6-14-42(15-7-2)36(47)28-20-27(21-31(22-28)50(48,49)41(4)5)35(46)39-32(18-26-16-29(37)23-30(38)17-26)33(44)24-43(8-3)40-34(45)19-25-12-10-9-11-13-25/h25-33,44H,6-24H2,1-5H3,(H,39,46)(H,40,45). The molecular weight excluding hydrogens is 668 g/mol. The minimum Gasteiger partial charge on any atom is -0.390 e. The van der Waals surface area contributed by atoms with Gasteiger partial charge < -0.3 is 15.3 Å². The summed E-state index contributed by atoms with van der Waals surface area (Å²) in [6.45, 7) is 7.24. The number of sulfonamides is 1. The highest BCUT2D eigenvalue weighted by Gasteiger charge is 2.44. The molecule has 50 heavy (non-hydrogen) atoms. The second-order valence-corrected chi connectivity index (χ2v) is 17.8. The van der Waals surface area contributed by atoms with Crippen LogP contribution in [0.3, 0.4) is 0 Å². The molecule has 0 saturated heterocycles. The van der Waals surface area contributed by atoms with Crippen LogP contribution in [0.15, 0.2) is 0 Å². The number of hydrogen-bond donors (Lipinski definition) is 3. The van der Waals surface area contributed by atoms with Gasteiger partial charge in [0, 0.05) is 65.0 Å². The van der Waals surface area contributed by atoms with Crippen LogP contribution in [-0.4, -0.2) is 115 Å². The summed E-state index contributed by atoms with van der Waals surface area (Å²) in [5, 5.41) is 15.2. The molecule has 3 aliphatic carbocycles. The number of nitrogens with zero attached hydrogens (tertiary/aromatic N) is 3. The van der Waals surface area contributed by atoms with E-state index >= 15 is 0 Å². The number of carbonyl (C=O) groups is 3. The molecule has 3 amide bonds. The molecule has 3 fully saturated rings. The molecule has 7 unspecified atom stereocenters. The van der Waals surface area contributed by atoms with Crippen molar-refractivity contribution in [3.05, 3.63) is 0 Å². The molecule has 7 atom stereocenters. The van der Waals surface area contributed by atoms with Gasteiger partial charge in [0.25, 0.3) is 0 Å². The third kappa shape index (κ3) is 12.6. The molecule has 3 aliphatic rings. The van der Waals surface area contributed by atoms with E-state index < -0.39 is 63.4 Å². The fourth-order valence-corrected chi connectivity index (χ4v) is 9.84. The van der Waals surface area contributed by atoms with Crippen molar-refractivity contribution in [3.63, 3.8) is 0 Å². The van der Waals surface area contributed by atoms with Crippen LogP contribution >= 0.6 is 0 Å². The number of hydrazine groups is 1. The van der Waals surface area contributed by atoms with Gasteiger partial charge in [-0.2, -0.15) is 0 Å². The lowest BCUT2D eigenvalue weighted by Crippen LogP contribution is -2.55. The Morgan fingerprint density at radius 2 is 1.44 bits per heavy atom. The topological polar surface area (TPSA) is 139 Å². The molecule has 0 aromatic rings. The minimum absolute atomic E-state index is 0.0152. The molecule has 0 spiro atoms. The Kier molecular flexibility index (Phi) is 17.3. The molecule has 3 saturated carbocycles. The number of likely N-dealkylation sites (N-methyl/N-ethyl adjacent to an activating group) is 1. The van der Waals surface area contributed by atoms with Crippen molar-refractivity contribution in [2.75, 3.05) is 40.3 Å². The molecule has 0 aromatic heterocycles. The van der Waals surface area contributed by atoms with Crippen LogP contribution in [0.25, 0.3) is 0 Å². The maximum absolute atomic E-state index is 14.5. The van der Waals surface area contributed by atoms with Crippen molar-refractivity contribution in [1.82, 2.24) is 25.0 Å². The van der Waals surface area contributed by atoms with E-state index in [2.05, 4.69) is 10.7 Å². The largest absolute Gasteiger partial charge is 0.390 e. The van der Waals surface area contributed by atoms with E-state index in [-0.39, 0.29) is 63.3 Å². The second kappa shape index (κ2) is 20.4. The lowest BCUT2D eigenvalue weighted by atomic mass is 9.79. The van der Waals surface area contributed by atoms with Gasteiger partial charge in [-0.1, -0.05) is 40.0 Å². The number of carbonyl (C=O) groups excluding carboxylic acids is 3. The van der Waals surface area contributed by atoms with E-state index in [0.29, 0.717) is 32.0 Å². The molecule has 0 aliphatic heterocycles. The maximum Gasteiger partial charge on any atom is 0.234 e. The highest BCUT2D eigenvalue weighted by molar-refractivity contribution is 7.89. The Morgan fingerprint density at radius 1 is 0.840 bits per heavy atom. The third-order valence-corrected chi connectivity index (χ3v) is 13.2. The maximum atomic E-state index is 14.5. The first-order valence-corrected chi connectivity index (χ1v) is 20.7. The highest BCUT2D eigenvalue weighted by Crippen LogP contribution is 2.37. The van der Waals surface area contributed by atoms with E-state index in [1.807, 2.05) is 20.8 Å². The van der Waals surface area contributed by atoms with Crippen molar-refractivity contribution < 1.29 is 36.7 Å². The molecule has 11 nitrogen and oxygen atoms in total. The lowest BCUT2D eigenvalue weighted by Gasteiger charge is -2.38. The van der Waals surface area contributed by atoms with Gasteiger partial charge in [0.2, 0.25) is 27.7 Å². The highest BCUT2D eigenvalue weighted by atomic mass is 32.2. The summed E-state index contributed by atoms with van der Waals surface area (Å²) >= 11 is 0. The van der Waals surface area contributed by atoms with Crippen LogP contribution in [0, 0.1) is 23.7 Å². The van der Waals surface area contributed by atoms with Crippen LogP contribution < -0.4 is 10.7 Å². The number of alkyl halides is 2. The number of nitrogens with one attached hydrogen (secondary N) is 2. The summed E-state index contributed by atoms with van der Waals surface area (Å²) in [6, 6.07) is -0.911. The van der Waals surface area contributed by atoms with Crippen molar-refractivity contribution >= 4 is 27.7 Å². The van der Waals surface area contributed by atoms with Crippen molar-refractivity contribution in [3.8, 4) is 0 Å². The second-order valence-electron chi connectivity index (χ2n) is 15.3. The summed E-state index contributed by atoms with van der Waals surface area (Å²) in [5.41, 5.74) is 2.90. The van der Waals surface area contributed by atoms with Gasteiger partial charge in [-0.15, -0.1) is 0 Å². The third-order valence-electron chi connectivity index (χ3n) is 11.0. The van der Waals surface area contributed by atoms with Gasteiger partial charge in [-0.3, -0.25) is 19.8 Å². The van der Waals surface area contributed by atoms with E-state index in [1.165, 1.54) is 20.5 Å². The Balaban J connectivity index is 1.81. The summed E-state index contributed by atoms with van der Waals surface area (Å²) in [5.74, 6) is -2.38. The lowest BCUT2D eigenvalue weighted by molar-refractivity contribution is -0.138. The molecule has 0 bridgehead atoms. The summed E-state index contributed by atoms with van der Waals surface area (Å²) < 4.78 is 56.8. The van der Waals surface area contributed by atoms with E-state index in [1.54, 1.807) is 9.91 Å². The van der Waals surface area contributed by atoms with Crippen molar-refractivity contribution in [1.29, 1.82) is 0 Å². The quantitative estimate of drug-likeness (QED) is 0.178. The zero-order valence-electron chi connectivity index (χ0n) is 31.1. The van der Waals surface area contributed by atoms with Gasteiger partial charge in [-0.05, 0) is 76.0 Å². The van der Waals surface area contributed by atoms with Gasteiger partial charge in [0.15, 0.2) is 0 Å². The van der Waals surface area contributed by atoms with Crippen LogP contribution in [0.5, 0.6) is 0 Å². The van der Waals surface area contributed by atoms with Crippen molar-refractivity contribution in [2.24, 2.45) is 23.7 Å². The van der Waals surface area contributed by atoms with Gasteiger partial charge in [0.05, 0.1) is 17.4 Å². The molecule has 0 aromatic carbocycles. The number of hydrogen-bond acceptors (Lipinski definition) is 7. The van der Waals surface area contributed by atoms with Crippen LogP contribution in [-0.2, 0) is 24.4 Å². The summed E-state index contributed by atoms with van der Waals surface area (Å²) in [7, 11) is -0.920. The van der Waals surface area contributed by atoms with E-state index in [0.717, 1.165) is 42.8 Å². The summed E-state index contributed by atoms with van der Waals surface area (Å²) in [6.07, 6.45) is 3.98. The average molecular weight is 734 g/mol. The number of aliphatic hydroxyl groups is 1. The Hall–Kier alpha value is -1.90. The Morgan fingerprint density at radius 3 is 2.00 bits per heavy atom. The predicted molar refractivity (Wildman–Crippen MR) is 191 cm³/mol. The number of halogens is 2. The number of aliphatic hydroxyl groups excluding tert-OH is 1. The molecule has 0 heterocycles. The fourth-order valence-electron chi connectivity index (χ4n) is 8.29. The summed E-state index contributed by atoms with van der Waals surface area (Å²) in [4.78, 5) is 42.5. The van der Waals surface area contributed by atoms with Crippen LogP contribution in [0.4, 0.5) is 8.78 Å². The predicted octanol–water partition coefficient (Wildman–Crippen LogP) is 4.35. The zero-order chi connectivity index (χ0) is 37.0. The van der Waals surface area contributed by atoms with Crippen LogP contribution in [0.2, 0.25) is 0 Å². The fraction of sp³-hybridized carbons (Fsp3) is 0.917. The first-order valence-electron chi connectivity index (χ1n) is 19.2. The first-order chi connectivity index (χ1) is 23.7. The number of amides is 3. The van der Waals surface area contributed by atoms with Crippen molar-refractivity contribution in [2.45, 2.75) is 147 Å². The number of rotatable bonds is 18. The Labute approximate surface area is 299 Å². The van der Waals surface area contributed by atoms with Gasteiger partial charge >= 0.3 is 0 Å².